The standard InChI is InChI=1S/C29H22N2O2/c32-28(23-15-8-3-9-16-23)26-25(19-21-11-4-1-5-12-21)31(20-22-13-6-2-7-14-22)29(33)24-17-10-18-30-27(24)26/h1-18H,19-20H2. The lowest BCUT2D eigenvalue weighted by atomic mass is 9.95. The Balaban J connectivity index is 1.82. The van der Waals surface area contributed by atoms with Gasteiger partial charge in [0.05, 0.1) is 23.0 Å². The highest BCUT2D eigenvalue weighted by molar-refractivity contribution is 6.16. The Kier molecular flexibility index (Phi) is 5.64. The van der Waals surface area contributed by atoms with Gasteiger partial charge in [-0.05, 0) is 23.3 Å². The second-order valence-corrected chi connectivity index (χ2v) is 7.96. The van der Waals surface area contributed by atoms with Crippen LogP contribution in [0.1, 0.15) is 32.7 Å². The Hall–Kier alpha value is -4.31. The van der Waals surface area contributed by atoms with E-state index in [-0.39, 0.29) is 11.3 Å². The van der Waals surface area contributed by atoms with E-state index in [0.717, 1.165) is 11.1 Å². The van der Waals surface area contributed by atoms with E-state index in [2.05, 4.69) is 4.98 Å². The zero-order chi connectivity index (χ0) is 22.6. The van der Waals surface area contributed by atoms with Gasteiger partial charge in [0.25, 0.3) is 5.56 Å². The molecule has 33 heavy (non-hydrogen) atoms. The molecular formula is C29H22N2O2. The Morgan fingerprint density at radius 1 is 0.727 bits per heavy atom. The maximum Gasteiger partial charge on any atom is 0.260 e. The molecule has 5 rings (SSSR count). The van der Waals surface area contributed by atoms with Crippen LogP contribution in [-0.2, 0) is 13.0 Å². The van der Waals surface area contributed by atoms with Crippen LogP contribution in [0.3, 0.4) is 0 Å². The molecule has 0 aliphatic rings. The lowest BCUT2D eigenvalue weighted by Gasteiger charge is -2.19. The molecule has 2 aromatic heterocycles. The first-order valence-corrected chi connectivity index (χ1v) is 10.9. The van der Waals surface area contributed by atoms with Crippen LogP contribution in [0.25, 0.3) is 10.9 Å². The summed E-state index contributed by atoms with van der Waals surface area (Å²) in [6.45, 7) is 0.377. The summed E-state index contributed by atoms with van der Waals surface area (Å²) in [7, 11) is 0. The largest absolute Gasteiger partial charge is 0.306 e. The van der Waals surface area contributed by atoms with Crippen molar-refractivity contribution in [1.82, 2.24) is 9.55 Å². The van der Waals surface area contributed by atoms with Gasteiger partial charge < -0.3 is 4.57 Å². The second-order valence-electron chi connectivity index (χ2n) is 7.96. The van der Waals surface area contributed by atoms with Gasteiger partial charge in [0, 0.05) is 23.9 Å². The number of hydrogen-bond acceptors (Lipinski definition) is 3. The summed E-state index contributed by atoms with van der Waals surface area (Å²) in [5, 5.41) is 0.449. The van der Waals surface area contributed by atoms with Crippen molar-refractivity contribution in [2.24, 2.45) is 0 Å². The van der Waals surface area contributed by atoms with Crippen LogP contribution in [0.15, 0.2) is 114 Å². The van der Waals surface area contributed by atoms with E-state index < -0.39 is 0 Å². The van der Waals surface area contributed by atoms with Crippen LogP contribution < -0.4 is 5.56 Å². The number of rotatable bonds is 6. The molecule has 2 heterocycles. The monoisotopic (exact) mass is 430 g/mol. The van der Waals surface area contributed by atoms with Crippen molar-refractivity contribution in [2.45, 2.75) is 13.0 Å². The summed E-state index contributed by atoms with van der Waals surface area (Å²) < 4.78 is 1.74. The molecule has 0 bridgehead atoms. The Labute approximate surface area is 191 Å². The number of benzene rings is 3. The number of hydrogen-bond donors (Lipinski definition) is 0. The van der Waals surface area contributed by atoms with Crippen molar-refractivity contribution >= 4 is 16.7 Å². The molecule has 0 atom stereocenters. The SMILES string of the molecule is O=C(c1ccccc1)c1c(Cc2ccccc2)n(Cc2ccccc2)c(=O)c2cccnc12. The lowest BCUT2D eigenvalue weighted by molar-refractivity contribution is 0.103. The maximum atomic E-state index is 13.8. The van der Waals surface area contributed by atoms with E-state index in [4.69, 9.17) is 0 Å². The van der Waals surface area contributed by atoms with Crippen LogP contribution in [0.4, 0.5) is 0 Å². The van der Waals surface area contributed by atoms with E-state index in [1.165, 1.54) is 0 Å². The Bertz CT molecular complexity index is 1470. The molecule has 0 saturated heterocycles. The fraction of sp³-hybridized carbons (Fsp3) is 0.0690. The summed E-state index contributed by atoms with van der Waals surface area (Å²) in [5.74, 6) is -0.132. The van der Waals surface area contributed by atoms with Gasteiger partial charge in [-0.15, -0.1) is 0 Å². The van der Waals surface area contributed by atoms with Crippen LogP contribution in [-0.4, -0.2) is 15.3 Å². The van der Waals surface area contributed by atoms with Gasteiger partial charge in [0.2, 0.25) is 0 Å². The molecule has 4 nitrogen and oxygen atoms in total. The number of aromatic nitrogens is 2. The third-order valence-corrected chi connectivity index (χ3v) is 5.80. The zero-order valence-electron chi connectivity index (χ0n) is 18.0. The first kappa shape index (κ1) is 20.6. The third kappa shape index (κ3) is 4.11. The normalized spacial score (nSPS) is 10.9. The van der Waals surface area contributed by atoms with Crippen LogP contribution in [0.2, 0.25) is 0 Å². The lowest BCUT2D eigenvalue weighted by Crippen LogP contribution is -2.28. The average Bonchev–Trinajstić information content (AvgIpc) is 2.88. The first-order valence-electron chi connectivity index (χ1n) is 10.9. The van der Waals surface area contributed by atoms with E-state index in [9.17, 15) is 9.59 Å². The fourth-order valence-corrected chi connectivity index (χ4v) is 4.20. The summed E-state index contributed by atoms with van der Waals surface area (Å²) in [4.78, 5) is 32.0. The van der Waals surface area contributed by atoms with Gasteiger partial charge in [-0.3, -0.25) is 14.6 Å². The number of pyridine rings is 2. The maximum absolute atomic E-state index is 13.8. The molecule has 0 amide bonds. The highest BCUT2D eigenvalue weighted by Crippen LogP contribution is 2.24. The van der Waals surface area contributed by atoms with Gasteiger partial charge in [0.1, 0.15) is 0 Å². The van der Waals surface area contributed by atoms with Gasteiger partial charge in [-0.2, -0.15) is 0 Å². The van der Waals surface area contributed by atoms with E-state index >= 15 is 0 Å². The molecule has 4 heteroatoms. The van der Waals surface area contributed by atoms with E-state index in [0.29, 0.717) is 40.7 Å². The minimum atomic E-state index is -0.141. The van der Waals surface area contributed by atoms with Crippen molar-refractivity contribution in [1.29, 1.82) is 0 Å². The highest BCUT2D eigenvalue weighted by atomic mass is 16.1. The van der Waals surface area contributed by atoms with Crippen LogP contribution >= 0.6 is 0 Å². The van der Waals surface area contributed by atoms with Gasteiger partial charge >= 0.3 is 0 Å². The van der Waals surface area contributed by atoms with Crippen molar-refractivity contribution in [3.8, 4) is 0 Å². The quantitative estimate of drug-likeness (QED) is 0.345. The molecule has 0 N–H and O–H groups in total. The fourth-order valence-electron chi connectivity index (χ4n) is 4.20. The van der Waals surface area contributed by atoms with Gasteiger partial charge in [-0.25, -0.2) is 0 Å². The second kappa shape index (κ2) is 9.05. The number of carbonyl (C=O) groups is 1. The molecule has 0 fully saturated rings. The van der Waals surface area contributed by atoms with Gasteiger partial charge in [-0.1, -0.05) is 91.0 Å². The van der Waals surface area contributed by atoms with E-state index in [1.54, 1.807) is 35.0 Å². The molecule has 0 unspecified atom stereocenters. The number of nitrogens with zero attached hydrogens (tertiary/aromatic N) is 2. The molecule has 0 saturated carbocycles. The smallest absolute Gasteiger partial charge is 0.260 e. The van der Waals surface area contributed by atoms with Crippen molar-refractivity contribution in [2.75, 3.05) is 0 Å². The third-order valence-electron chi connectivity index (χ3n) is 5.80. The highest BCUT2D eigenvalue weighted by Gasteiger charge is 2.24. The summed E-state index contributed by atoms with van der Waals surface area (Å²) in [5.41, 5.74) is 4.06. The van der Waals surface area contributed by atoms with Crippen molar-refractivity contribution < 1.29 is 4.79 Å². The number of carbonyl (C=O) groups excluding carboxylic acids is 1. The number of fused-ring (bicyclic) bond motifs is 1. The van der Waals surface area contributed by atoms with Crippen LogP contribution in [0, 0.1) is 0 Å². The molecule has 0 radical (unpaired) electrons. The molecule has 0 aliphatic heterocycles. The predicted molar refractivity (Wildman–Crippen MR) is 131 cm³/mol. The van der Waals surface area contributed by atoms with Crippen LogP contribution in [0.5, 0.6) is 0 Å². The summed E-state index contributed by atoms with van der Waals surface area (Å²) >= 11 is 0. The predicted octanol–water partition coefficient (Wildman–Crippen LogP) is 5.27. The molecule has 0 aliphatic carbocycles. The first-order chi connectivity index (χ1) is 16.2. The Morgan fingerprint density at radius 3 is 2.00 bits per heavy atom. The molecule has 0 spiro atoms. The minimum absolute atomic E-state index is 0.132. The van der Waals surface area contributed by atoms with Gasteiger partial charge in [0.15, 0.2) is 5.78 Å². The molecular weight excluding hydrogens is 408 g/mol. The van der Waals surface area contributed by atoms with Crippen molar-refractivity contribution in [3.63, 3.8) is 0 Å². The molecule has 3 aromatic carbocycles. The minimum Gasteiger partial charge on any atom is -0.306 e. The molecule has 5 aromatic rings. The zero-order valence-corrected chi connectivity index (χ0v) is 18.0. The van der Waals surface area contributed by atoms with E-state index in [1.807, 2.05) is 78.9 Å². The molecule has 160 valence electrons. The number of ketones is 1. The summed E-state index contributed by atoms with van der Waals surface area (Å²) in [6, 6.07) is 32.4. The van der Waals surface area contributed by atoms with Crippen molar-refractivity contribution in [3.05, 3.63) is 148 Å². The average molecular weight is 431 g/mol. The Morgan fingerprint density at radius 2 is 1.33 bits per heavy atom. The summed E-state index contributed by atoms with van der Waals surface area (Å²) in [6.07, 6.45) is 2.08. The topological polar surface area (TPSA) is 52.0 Å².